The molecule has 0 N–H and O–H groups in total. The van der Waals surface area contributed by atoms with Crippen LogP contribution in [0.25, 0.3) is 0 Å². The van der Waals surface area contributed by atoms with Crippen molar-refractivity contribution in [2.24, 2.45) is 0 Å². The maximum atomic E-state index is 11.1. The highest BCUT2D eigenvalue weighted by Gasteiger charge is 2.22. The molecule has 0 aliphatic rings. The van der Waals surface area contributed by atoms with E-state index in [1.165, 1.54) is 19.1 Å². The summed E-state index contributed by atoms with van der Waals surface area (Å²) in [6, 6.07) is 4.37. The van der Waals surface area contributed by atoms with Crippen LogP contribution in [0.15, 0.2) is 18.2 Å². The van der Waals surface area contributed by atoms with Crippen molar-refractivity contribution in [2.45, 2.75) is 11.8 Å². The lowest BCUT2D eigenvalue weighted by Crippen LogP contribution is -2.03. The summed E-state index contributed by atoms with van der Waals surface area (Å²) in [5, 5.41) is 10.6. The number of rotatable bonds is 3. The number of nitrogens with zero attached hydrogens (tertiary/aromatic N) is 1. The standard InChI is InChI=1S/C9H7BrClNO3/c1-5(13)8(10)6-3-2-4-7(9(6)11)12(14)15/h2-4,8H,1H3. The van der Waals surface area contributed by atoms with Gasteiger partial charge in [0, 0.05) is 6.07 Å². The van der Waals surface area contributed by atoms with E-state index >= 15 is 0 Å². The number of hydrogen-bond acceptors (Lipinski definition) is 3. The highest BCUT2D eigenvalue weighted by molar-refractivity contribution is 9.09. The third-order valence-corrected chi connectivity index (χ3v) is 3.38. The van der Waals surface area contributed by atoms with E-state index < -0.39 is 9.75 Å². The average molecular weight is 293 g/mol. The summed E-state index contributed by atoms with van der Waals surface area (Å²) in [5.74, 6) is -0.155. The van der Waals surface area contributed by atoms with Crippen LogP contribution in [0.5, 0.6) is 0 Å². The van der Waals surface area contributed by atoms with Crippen LogP contribution in [0.4, 0.5) is 5.69 Å². The summed E-state index contributed by atoms with van der Waals surface area (Å²) in [5.41, 5.74) is 0.221. The summed E-state index contributed by atoms with van der Waals surface area (Å²) in [6.07, 6.45) is 0. The number of benzene rings is 1. The van der Waals surface area contributed by atoms with Crippen molar-refractivity contribution in [2.75, 3.05) is 0 Å². The molecule has 80 valence electrons. The first-order valence-electron chi connectivity index (χ1n) is 4.02. The van der Waals surface area contributed by atoms with Gasteiger partial charge in [-0.15, -0.1) is 0 Å². The van der Waals surface area contributed by atoms with E-state index in [4.69, 9.17) is 11.6 Å². The summed E-state index contributed by atoms with van der Waals surface area (Å²) in [6.45, 7) is 1.38. The van der Waals surface area contributed by atoms with Gasteiger partial charge in [-0.1, -0.05) is 39.7 Å². The minimum atomic E-state index is -0.607. The highest BCUT2D eigenvalue weighted by Crippen LogP contribution is 2.35. The Hall–Kier alpha value is -0.940. The largest absolute Gasteiger partial charge is 0.298 e. The van der Waals surface area contributed by atoms with Crippen molar-refractivity contribution in [3.63, 3.8) is 0 Å². The Kier molecular flexibility index (Phi) is 3.82. The Bertz CT molecular complexity index is 422. The first-order chi connectivity index (χ1) is 6.95. The van der Waals surface area contributed by atoms with E-state index in [9.17, 15) is 14.9 Å². The van der Waals surface area contributed by atoms with E-state index in [1.54, 1.807) is 6.07 Å². The van der Waals surface area contributed by atoms with E-state index in [-0.39, 0.29) is 16.5 Å². The third kappa shape index (κ3) is 2.54. The van der Waals surface area contributed by atoms with Crippen LogP contribution in [0.3, 0.4) is 0 Å². The molecule has 1 rings (SSSR count). The molecule has 0 amide bonds. The fraction of sp³-hybridized carbons (Fsp3) is 0.222. The molecule has 0 aliphatic heterocycles. The molecule has 6 heteroatoms. The van der Waals surface area contributed by atoms with Crippen molar-refractivity contribution < 1.29 is 9.72 Å². The van der Waals surface area contributed by atoms with Gasteiger partial charge < -0.3 is 0 Å². The van der Waals surface area contributed by atoms with Crippen LogP contribution in [0.1, 0.15) is 17.3 Å². The van der Waals surface area contributed by atoms with Crippen LogP contribution in [-0.2, 0) is 4.79 Å². The molecule has 0 bridgehead atoms. The maximum Gasteiger partial charge on any atom is 0.288 e. The van der Waals surface area contributed by atoms with Gasteiger partial charge in [0.1, 0.15) is 10.8 Å². The summed E-state index contributed by atoms with van der Waals surface area (Å²) < 4.78 is 0. The molecular formula is C9H7BrClNO3. The minimum Gasteiger partial charge on any atom is -0.298 e. The van der Waals surface area contributed by atoms with Gasteiger partial charge in [0.05, 0.1) is 9.75 Å². The molecule has 4 nitrogen and oxygen atoms in total. The quantitative estimate of drug-likeness (QED) is 0.488. The van der Waals surface area contributed by atoms with Crippen LogP contribution in [-0.4, -0.2) is 10.7 Å². The lowest BCUT2D eigenvalue weighted by molar-refractivity contribution is -0.384. The topological polar surface area (TPSA) is 60.2 Å². The number of nitro benzene ring substituents is 1. The number of halogens is 2. The van der Waals surface area contributed by atoms with E-state index in [0.29, 0.717) is 5.56 Å². The molecule has 1 aromatic carbocycles. The first-order valence-corrected chi connectivity index (χ1v) is 5.32. The molecule has 1 unspecified atom stereocenters. The molecule has 1 aromatic rings. The van der Waals surface area contributed by atoms with Gasteiger partial charge >= 0.3 is 0 Å². The molecule has 0 spiro atoms. The van der Waals surface area contributed by atoms with Crippen LogP contribution in [0.2, 0.25) is 5.02 Å². The van der Waals surface area contributed by atoms with Crippen molar-refractivity contribution in [3.05, 3.63) is 38.9 Å². The van der Waals surface area contributed by atoms with Crippen molar-refractivity contribution in [1.82, 2.24) is 0 Å². The van der Waals surface area contributed by atoms with Gasteiger partial charge in [-0.25, -0.2) is 0 Å². The minimum absolute atomic E-state index is 0.000394. The van der Waals surface area contributed by atoms with E-state index in [1.807, 2.05) is 0 Å². The fourth-order valence-corrected chi connectivity index (χ4v) is 1.91. The molecule has 0 saturated heterocycles. The normalized spacial score (nSPS) is 12.2. The van der Waals surface area contributed by atoms with Gasteiger partial charge in [0.25, 0.3) is 5.69 Å². The van der Waals surface area contributed by atoms with Crippen molar-refractivity contribution in [1.29, 1.82) is 0 Å². The number of hydrogen-bond donors (Lipinski definition) is 0. The number of carbonyl (C=O) groups is 1. The van der Waals surface area contributed by atoms with Gasteiger partial charge in [0.15, 0.2) is 0 Å². The van der Waals surface area contributed by atoms with Crippen LogP contribution >= 0.6 is 27.5 Å². The van der Waals surface area contributed by atoms with Gasteiger partial charge in [-0.05, 0) is 12.5 Å². The molecule has 0 fully saturated rings. The molecule has 0 heterocycles. The van der Waals surface area contributed by atoms with Crippen molar-refractivity contribution >= 4 is 39.0 Å². The Morgan fingerprint density at radius 1 is 1.60 bits per heavy atom. The van der Waals surface area contributed by atoms with Crippen molar-refractivity contribution in [3.8, 4) is 0 Å². The second-order valence-corrected chi connectivity index (χ2v) is 4.20. The van der Waals surface area contributed by atoms with E-state index in [2.05, 4.69) is 15.9 Å². The second-order valence-electron chi connectivity index (χ2n) is 2.91. The zero-order valence-electron chi connectivity index (χ0n) is 7.74. The number of ketones is 1. The monoisotopic (exact) mass is 291 g/mol. The van der Waals surface area contributed by atoms with E-state index in [0.717, 1.165) is 0 Å². The predicted molar refractivity (Wildman–Crippen MR) is 60.5 cm³/mol. The van der Waals surface area contributed by atoms with Crippen LogP contribution < -0.4 is 0 Å². The Labute approximate surface area is 99.5 Å². The average Bonchev–Trinajstić information content (AvgIpc) is 2.16. The zero-order valence-corrected chi connectivity index (χ0v) is 10.1. The Morgan fingerprint density at radius 3 is 2.67 bits per heavy atom. The van der Waals surface area contributed by atoms with Gasteiger partial charge in [-0.3, -0.25) is 14.9 Å². The summed E-state index contributed by atoms with van der Waals surface area (Å²) >= 11 is 8.95. The fourth-order valence-electron chi connectivity index (χ4n) is 1.09. The SMILES string of the molecule is CC(=O)C(Br)c1cccc([N+](=O)[O-])c1Cl. The summed E-state index contributed by atoms with van der Waals surface area (Å²) in [7, 11) is 0. The molecule has 15 heavy (non-hydrogen) atoms. The highest BCUT2D eigenvalue weighted by atomic mass is 79.9. The Morgan fingerprint density at radius 2 is 2.20 bits per heavy atom. The third-order valence-electron chi connectivity index (χ3n) is 1.83. The number of nitro groups is 1. The number of carbonyl (C=O) groups excluding carboxylic acids is 1. The van der Waals surface area contributed by atoms with Crippen LogP contribution in [0, 0.1) is 10.1 Å². The molecule has 1 atom stereocenters. The molecule has 0 aromatic heterocycles. The number of alkyl halides is 1. The lowest BCUT2D eigenvalue weighted by Gasteiger charge is -2.08. The lowest BCUT2D eigenvalue weighted by atomic mass is 10.1. The zero-order chi connectivity index (χ0) is 11.6. The second kappa shape index (κ2) is 4.72. The smallest absolute Gasteiger partial charge is 0.288 e. The molecule has 0 radical (unpaired) electrons. The molecule has 0 saturated carbocycles. The van der Waals surface area contributed by atoms with Gasteiger partial charge in [0.2, 0.25) is 0 Å². The van der Waals surface area contributed by atoms with Gasteiger partial charge in [-0.2, -0.15) is 0 Å². The predicted octanol–water partition coefficient (Wildman–Crippen LogP) is 3.27. The molecule has 0 aliphatic carbocycles. The Balaban J connectivity index is 3.26. The maximum absolute atomic E-state index is 11.1. The number of Topliss-reactive ketones (excluding diaryl/α,β-unsaturated/α-hetero) is 1. The first kappa shape index (κ1) is 12.1. The molecular weight excluding hydrogens is 285 g/mol. The summed E-state index contributed by atoms with van der Waals surface area (Å²) in [4.78, 5) is 20.5.